The lowest BCUT2D eigenvalue weighted by atomic mass is 10.1. The van der Waals surface area contributed by atoms with Crippen molar-refractivity contribution in [1.29, 1.82) is 0 Å². The van der Waals surface area contributed by atoms with Crippen molar-refractivity contribution in [3.63, 3.8) is 0 Å². The molecule has 0 aliphatic carbocycles. The third kappa shape index (κ3) is 4.54. The molecule has 1 atom stereocenters. The highest BCUT2D eigenvalue weighted by atomic mass is 35.5. The molecule has 0 bridgehead atoms. The Morgan fingerprint density at radius 3 is 2.50 bits per heavy atom. The second-order valence-electron chi connectivity index (χ2n) is 4.44. The number of anilines is 2. The SMILES string of the molecule is CCCCCC(C)Nc1nc(NC)c(Cl)cc1Cl. The number of hydrogen-bond donors (Lipinski definition) is 2. The zero-order chi connectivity index (χ0) is 13.5. The lowest BCUT2D eigenvalue weighted by Crippen LogP contribution is -2.16. The predicted molar refractivity (Wildman–Crippen MR) is 81.0 cm³/mol. The van der Waals surface area contributed by atoms with Crippen LogP contribution in [0.1, 0.15) is 39.5 Å². The average Bonchev–Trinajstić information content (AvgIpc) is 2.33. The summed E-state index contributed by atoms with van der Waals surface area (Å²) in [6, 6.07) is 2.07. The number of nitrogens with zero attached hydrogens (tertiary/aromatic N) is 1. The monoisotopic (exact) mass is 289 g/mol. The van der Waals surface area contributed by atoms with Crippen molar-refractivity contribution in [3.05, 3.63) is 16.1 Å². The van der Waals surface area contributed by atoms with Gasteiger partial charge < -0.3 is 10.6 Å². The van der Waals surface area contributed by atoms with Gasteiger partial charge in [-0.1, -0.05) is 49.4 Å². The minimum atomic E-state index is 0.354. The highest BCUT2D eigenvalue weighted by molar-refractivity contribution is 6.37. The molecule has 0 saturated heterocycles. The fraction of sp³-hybridized carbons (Fsp3) is 0.615. The molecule has 102 valence electrons. The zero-order valence-electron chi connectivity index (χ0n) is 11.2. The number of halogens is 2. The van der Waals surface area contributed by atoms with Crippen LogP contribution in [0.25, 0.3) is 0 Å². The summed E-state index contributed by atoms with van der Waals surface area (Å²) in [6.45, 7) is 4.34. The van der Waals surface area contributed by atoms with Crippen molar-refractivity contribution in [1.82, 2.24) is 4.98 Å². The van der Waals surface area contributed by atoms with Gasteiger partial charge in [-0.2, -0.15) is 0 Å². The van der Waals surface area contributed by atoms with Gasteiger partial charge in [-0.15, -0.1) is 0 Å². The Hall–Kier alpha value is -0.670. The largest absolute Gasteiger partial charge is 0.372 e. The molecule has 0 amide bonds. The van der Waals surface area contributed by atoms with Gasteiger partial charge in [-0.05, 0) is 19.4 Å². The third-order valence-electron chi connectivity index (χ3n) is 2.79. The second kappa shape index (κ2) is 7.70. The van der Waals surface area contributed by atoms with Crippen molar-refractivity contribution in [2.24, 2.45) is 0 Å². The molecule has 0 aliphatic rings. The number of aromatic nitrogens is 1. The van der Waals surface area contributed by atoms with Gasteiger partial charge in [0, 0.05) is 13.1 Å². The summed E-state index contributed by atoms with van der Waals surface area (Å²) >= 11 is 12.1. The minimum Gasteiger partial charge on any atom is -0.372 e. The van der Waals surface area contributed by atoms with Gasteiger partial charge in [-0.25, -0.2) is 4.98 Å². The van der Waals surface area contributed by atoms with Gasteiger partial charge in [0.2, 0.25) is 0 Å². The first-order chi connectivity index (χ1) is 8.58. The fourth-order valence-electron chi connectivity index (χ4n) is 1.75. The molecule has 1 rings (SSSR count). The Morgan fingerprint density at radius 1 is 1.22 bits per heavy atom. The quantitative estimate of drug-likeness (QED) is 0.707. The van der Waals surface area contributed by atoms with Crippen LogP contribution in [0.5, 0.6) is 0 Å². The molecule has 5 heteroatoms. The third-order valence-corrected chi connectivity index (χ3v) is 3.37. The topological polar surface area (TPSA) is 37.0 Å². The van der Waals surface area contributed by atoms with Gasteiger partial charge in [0.25, 0.3) is 0 Å². The first-order valence-electron chi connectivity index (χ1n) is 6.38. The van der Waals surface area contributed by atoms with Crippen molar-refractivity contribution >= 4 is 34.8 Å². The van der Waals surface area contributed by atoms with E-state index in [9.17, 15) is 0 Å². The molecule has 0 saturated carbocycles. The van der Waals surface area contributed by atoms with Gasteiger partial charge in [0.15, 0.2) is 0 Å². The highest BCUT2D eigenvalue weighted by Crippen LogP contribution is 2.29. The second-order valence-corrected chi connectivity index (χ2v) is 5.25. The predicted octanol–water partition coefficient (Wildman–Crippen LogP) is 4.81. The van der Waals surface area contributed by atoms with Crippen LogP contribution >= 0.6 is 23.2 Å². The lowest BCUT2D eigenvalue weighted by molar-refractivity contribution is 0.614. The standard InChI is InChI=1S/C13H21Cl2N3/c1-4-5-6-7-9(2)17-13-11(15)8-10(14)12(16-3)18-13/h8-9H,4-7H2,1-3H3,(H2,16,17,18). The molecular formula is C13H21Cl2N3. The molecule has 2 N–H and O–H groups in total. The first-order valence-corrected chi connectivity index (χ1v) is 7.14. The summed E-state index contributed by atoms with van der Waals surface area (Å²) in [5.41, 5.74) is 0. The van der Waals surface area contributed by atoms with E-state index in [0.29, 0.717) is 27.7 Å². The van der Waals surface area contributed by atoms with E-state index in [2.05, 4.69) is 29.5 Å². The van der Waals surface area contributed by atoms with E-state index in [0.717, 1.165) is 6.42 Å². The smallest absolute Gasteiger partial charge is 0.147 e. The van der Waals surface area contributed by atoms with Crippen LogP contribution in [-0.4, -0.2) is 18.1 Å². The zero-order valence-corrected chi connectivity index (χ0v) is 12.7. The summed E-state index contributed by atoms with van der Waals surface area (Å²) in [5.74, 6) is 1.33. The van der Waals surface area contributed by atoms with Crippen molar-refractivity contribution in [3.8, 4) is 0 Å². The van der Waals surface area contributed by atoms with Crippen LogP contribution < -0.4 is 10.6 Å². The maximum atomic E-state index is 6.13. The Labute approximate surface area is 119 Å². The molecule has 1 aromatic rings. The lowest BCUT2D eigenvalue weighted by Gasteiger charge is -2.16. The van der Waals surface area contributed by atoms with Gasteiger partial charge in [-0.3, -0.25) is 0 Å². The van der Waals surface area contributed by atoms with Crippen molar-refractivity contribution < 1.29 is 0 Å². The molecule has 0 spiro atoms. The molecule has 0 aliphatic heterocycles. The number of pyridine rings is 1. The van der Waals surface area contributed by atoms with Gasteiger partial charge in [0.1, 0.15) is 11.6 Å². The molecule has 0 aromatic carbocycles. The van der Waals surface area contributed by atoms with E-state index in [1.54, 1.807) is 13.1 Å². The maximum absolute atomic E-state index is 6.13. The summed E-state index contributed by atoms with van der Waals surface area (Å²) in [5, 5.41) is 7.37. The van der Waals surface area contributed by atoms with Gasteiger partial charge >= 0.3 is 0 Å². The van der Waals surface area contributed by atoms with Crippen LogP contribution in [0, 0.1) is 0 Å². The molecule has 1 heterocycles. The van der Waals surface area contributed by atoms with Crippen LogP contribution in [-0.2, 0) is 0 Å². The minimum absolute atomic E-state index is 0.354. The first kappa shape index (κ1) is 15.4. The Kier molecular flexibility index (Phi) is 6.58. The average molecular weight is 290 g/mol. The fourth-order valence-corrected chi connectivity index (χ4v) is 2.26. The number of nitrogens with one attached hydrogen (secondary N) is 2. The molecule has 18 heavy (non-hydrogen) atoms. The van der Waals surface area contributed by atoms with Crippen LogP contribution in [0.2, 0.25) is 10.0 Å². The maximum Gasteiger partial charge on any atom is 0.147 e. The molecule has 0 fully saturated rings. The van der Waals surface area contributed by atoms with Gasteiger partial charge in [0.05, 0.1) is 10.0 Å². The van der Waals surface area contributed by atoms with E-state index in [1.807, 2.05) is 0 Å². The summed E-state index contributed by atoms with van der Waals surface area (Å²) in [6.07, 6.45) is 4.82. The van der Waals surface area contributed by atoms with E-state index in [-0.39, 0.29) is 0 Å². The Bertz CT molecular complexity index is 383. The summed E-state index contributed by atoms with van der Waals surface area (Å²) in [4.78, 5) is 4.37. The molecule has 0 radical (unpaired) electrons. The van der Waals surface area contributed by atoms with E-state index >= 15 is 0 Å². The van der Waals surface area contributed by atoms with E-state index < -0.39 is 0 Å². The van der Waals surface area contributed by atoms with Crippen LogP contribution in [0.4, 0.5) is 11.6 Å². The molecular weight excluding hydrogens is 269 g/mol. The van der Waals surface area contributed by atoms with Crippen molar-refractivity contribution in [2.75, 3.05) is 17.7 Å². The molecule has 1 unspecified atom stereocenters. The summed E-state index contributed by atoms with van der Waals surface area (Å²) < 4.78 is 0. The van der Waals surface area contributed by atoms with Crippen LogP contribution in [0.15, 0.2) is 6.07 Å². The van der Waals surface area contributed by atoms with E-state index in [1.165, 1.54) is 19.3 Å². The Balaban J connectivity index is 2.65. The molecule has 3 nitrogen and oxygen atoms in total. The number of rotatable bonds is 7. The number of hydrogen-bond acceptors (Lipinski definition) is 3. The van der Waals surface area contributed by atoms with E-state index in [4.69, 9.17) is 23.2 Å². The normalized spacial score (nSPS) is 12.3. The number of unbranched alkanes of at least 4 members (excludes halogenated alkanes) is 2. The van der Waals surface area contributed by atoms with Crippen molar-refractivity contribution in [2.45, 2.75) is 45.6 Å². The van der Waals surface area contributed by atoms with Crippen LogP contribution in [0.3, 0.4) is 0 Å². The molecule has 1 aromatic heterocycles. The summed E-state index contributed by atoms with van der Waals surface area (Å²) in [7, 11) is 1.79. The Morgan fingerprint density at radius 2 is 1.89 bits per heavy atom. The highest BCUT2D eigenvalue weighted by Gasteiger charge is 2.10.